The molecule has 26 heavy (non-hydrogen) atoms. The smallest absolute Gasteiger partial charge is 0.123 e. The minimum atomic E-state index is -0.0884. The number of hydrogen-bond acceptors (Lipinski definition) is 2. The van der Waals surface area contributed by atoms with Crippen LogP contribution in [0.15, 0.2) is 18.2 Å². The second kappa shape index (κ2) is 7.50. The summed E-state index contributed by atoms with van der Waals surface area (Å²) in [6, 6.07) is 5.51. The largest absolute Gasteiger partial charge is 0.369 e. The van der Waals surface area contributed by atoms with Gasteiger partial charge in [0.1, 0.15) is 5.82 Å². The lowest BCUT2D eigenvalue weighted by atomic mass is 9.60. The highest BCUT2D eigenvalue weighted by Gasteiger charge is 2.40. The molecule has 0 unspecified atom stereocenters. The molecule has 0 bridgehead atoms. The molecule has 1 heterocycles. The molecule has 146 valence electrons. The number of anilines is 1. The second-order valence-corrected chi connectivity index (χ2v) is 10.1. The van der Waals surface area contributed by atoms with E-state index in [1.807, 2.05) is 12.1 Å². The maximum atomic E-state index is 14.2. The minimum absolute atomic E-state index is 0.0884. The lowest BCUT2D eigenvalue weighted by Gasteiger charge is -2.46. The van der Waals surface area contributed by atoms with Gasteiger partial charge in [-0.15, -0.1) is 0 Å². The summed E-state index contributed by atoms with van der Waals surface area (Å²) in [5.74, 6) is 0.364. The summed E-state index contributed by atoms with van der Waals surface area (Å²) in [7, 11) is 0. The molecule has 2 fully saturated rings. The topological polar surface area (TPSA) is 6.48 Å². The SMILES string of the molecule is CCCN1CCN(c2ccc(F)cc2C2CC(C)(C)CC(C)(C)C2)CC1. The summed E-state index contributed by atoms with van der Waals surface area (Å²) in [6.45, 7) is 17.3. The van der Waals surface area contributed by atoms with Crippen LogP contribution in [0.1, 0.15) is 71.8 Å². The molecule has 1 saturated carbocycles. The summed E-state index contributed by atoms with van der Waals surface area (Å²) in [5.41, 5.74) is 3.15. The highest BCUT2D eigenvalue weighted by Crippen LogP contribution is 2.53. The quantitative estimate of drug-likeness (QED) is 0.682. The van der Waals surface area contributed by atoms with Crippen molar-refractivity contribution in [3.63, 3.8) is 0 Å². The van der Waals surface area contributed by atoms with Gasteiger partial charge in [-0.25, -0.2) is 4.39 Å². The monoisotopic (exact) mass is 360 g/mol. The van der Waals surface area contributed by atoms with Crippen LogP contribution >= 0.6 is 0 Å². The first-order valence-electron chi connectivity index (χ1n) is 10.5. The molecule has 3 heteroatoms. The van der Waals surface area contributed by atoms with E-state index in [0.717, 1.165) is 39.0 Å². The van der Waals surface area contributed by atoms with Gasteiger partial charge in [-0.1, -0.05) is 34.6 Å². The van der Waals surface area contributed by atoms with Crippen molar-refractivity contribution in [3.05, 3.63) is 29.6 Å². The molecular formula is C23H37FN2. The number of hydrogen-bond donors (Lipinski definition) is 0. The molecule has 0 spiro atoms. The van der Waals surface area contributed by atoms with Crippen LogP contribution in [0.25, 0.3) is 0 Å². The fourth-order valence-corrected chi connectivity index (χ4v) is 5.73. The predicted octanol–water partition coefficient (Wildman–Crippen LogP) is 5.68. The van der Waals surface area contributed by atoms with Crippen molar-refractivity contribution >= 4 is 5.69 Å². The Morgan fingerprint density at radius 1 is 1.00 bits per heavy atom. The van der Waals surface area contributed by atoms with E-state index in [4.69, 9.17) is 0 Å². The van der Waals surface area contributed by atoms with Gasteiger partial charge in [0.15, 0.2) is 0 Å². The zero-order valence-corrected chi connectivity index (χ0v) is 17.4. The third kappa shape index (κ3) is 4.60. The fourth-order valence-electron chi connectivity index (χ4n) is 5.73. The number of halogens is 1. The molecule has 3 rings (SSSR count). The Kier molecular flexibility index (Phi) is 5.67. The van der Waals surface area contributed by atoms with Gasteiger partial charge in [0.2, 0.25) is 0 Å². The molecule has 0 radical (unpaired) electrons. The Labute approximate surface area is 159 Å². The standard InChI is InChI=1S/C23H37FN2/c1-6-9-25-10-12-26(13-11-25)21-8-7-19(24)14-20(21)18-15-22(2,3)17-23(4,5)16-18/h7-8,14,18H,6,9-13,15-17H2,1-5H3. The zero-order chi connectivity index (χ0) is 18.9. The van der Waals surface area contributed by atoms with Gasteiger partial charge >= 0.3 is 0 Å². The van der Waals surface area contributed by atoms with Crippen molar-refractivity contribution in [1.82, 2.24) is 4.90 Å². The van der Waals surface area contributed by atoms with E-state index in [-0.39, 0.29) is 5.82 Å². The van der Waals surface area contributed by atoms with Crippen LogP contribution in [-0.4, -0.2) is 37.6 Å². The number of piperazine rings is 1. The first kappa shape index (κ1) is 19.7. The maximum absolute atomic E-state index is 14.2. The summed E-state index contributed by atoms with van der Waals surface area (Å²) < 4.78 is 14.2. The number of nitrogens with zero attached hydrogens (tertiary/aromatic N) is 2. The molecule has 2 nitrogen and oxygen atoms in total. The Hall–Kier alpha value is -1.09. The third-order valence-electron chi connectivity index (χ3n) is 6.24. The molecule has 1 saturated heterocycles. The summed E-state index contributed by atoms with van der Waals surface area (Å²) >= 11 is 0. The number of benzene rings is 1. The molecular weight excluding hydrogens is 323 g/mol. The summed E-state index contributed by atoms with van der Waals surface area (Å²) in [4.78, 5) is 5.04. The van der Waals surface area contributed by atoms with E-state index in [2.05, 4.69) is 44.4 Å². The van der Waals surface area contributed by atoms with Crippen LogP contribution in [0.4, 0.5) is 10.1 Å². The van der Waals surface area contributed by atoms with Gasteiger partial charge in [-0.05, 0) is 72.7 Å². The average Bonchev–Trinajstić information content (AvgIpc) is 2.53. The predicted molar refractivity (Wildman–Crippen MR) is 109 cm³/mol. The van der Waals surface area contributed by atoms with Crippen molar-refractivity contribution in [2.75, 3.05) is 37.6 Å². The highest BCUT2D eigenvalue weighted by atomic mass is 19.1. The first-order valence-corrected chi connectivity index (χ1v) is 10.5. The van der Waals surface area contributed by atoms with E-state index < -0.39 is 0 Å². The Morgan fingerprint density at radius 3 is 2.19 bits per heavy atom. The van der Waals surface area contributed by atoms with E-state index in [1.165, 1.54) is 30.6 Å². The van der Waals surface area contributed by atoms with Crippen molar-refractivity contribution in [2.24, 2.45) is 10.8 Å². The minimum Gasteiger partial charge on any atom is -0.369 e. The maximum Gasteiger partial charge on any atom is 0.123 e. The highest BCUT2D eigenvalue weighted by molar-refractivity contribution is 5.56. The molecule has 0 atom stereocenters. The Bertz CT molecular complexity index is 599. The van der Waals surface area contributed by atoms with Crippen LogP contribution in [0.2, 0.25) is 0 Å². The molecule has 0 amide bonds. The van der Waals surface area contributed by atoms with Gasteiger partial charge in [0.05, 0.1) is 0 Å². The lowest BCUT2D eigenvalue weighted by Crippen LogP contribution is -2.47. The lowest BCUT2D eigenvalue weighted by molar-refractivity contribution is 0.0968. The molecule has 1 aromatic carbocycles. The van der Waals surface area contributed by atoms with Crippen LogP contribution in [0.3, 0.4) is 0 Å². The zero-order valence-electron chi connectivity index (χ0n) is 17.4. The third-order valence-corrected chi connectivity index (χ3v) is 6.24. The van der Waals surface area contributed by atoms with Crippen LogP contribution in [0, 0.1) is 16.6 Å². The molecule has 0 N–H and O–H groups in total. The van der Waals surface area contributed by atoms with E-state index >= 15 is 0 Å². The Morgan fingerprint density at radius 2 is 1.62 bits per heavy atom. The van der Waals surface area contributed by atoms with Crippen molar-refractivity contribution < 1.29 is 4.39 Å². The van der Waals surface area contributed by atoms with Gasteiger partial charge in [0, 0.05) is 31.9 Å². The normalized spacial score (nSPS) is 24.0. The molecule has 1 aliphatic heterocycles. The van der Waals surface area contributed by atoms with Crippen LogP contribution in [0.5, 0.6) is 0 Å². The van der Waals surface area contributed by atoms with E-state index in [9.17, 15) is 4.39 Å². The summed E-state index contributed by atoms with van der Waals surface area (Å²) in [6.07, 6.45) is 4.77. The first-order chi connectivity index (χ1) is 12.2. The summed E-state index contributed by atoms with van der Waals surface area (Å²) in [5, 5.41) is 0. The van der Waals surface area contributed by atoms with E-state index in [1.54, 1.807) is 6.07 Å². The van der Waals surface area contributed by atoms with E-state index in [0.29, 0.717) is 16.7 Å². The fraction of sp³-hybridized carbons (Fsp3) is 0.739. The molecule has 2 aliphatic rings. The van der Waals surface area contributed by atoms with Gasteiger partial charge in [0.25, 0.3) is 0 Å². The van der Waals surface area contributed by atoms with Crippen molar-refractivity contribution in [2.45, 2.75) is 66.2 Å². The van der Waals surface area contributed by atoms with Crippen molar-refractivity contribution in [1.29, 1.82) is 0 Å². The van der Waals surface area contributed by atoms with Gasteiger partial charge in [-0.3, -0.25) is 4.90 Å². The Balaban J connectivity index is 1.85. The number of rotatable bonds is 4. The van der Waals surface area contributed by atoms with Crippen molar-refractivity contribution in [3.8, 4) is 0 Å². The molecule has 1 aliphatic carbocycles. The second-order valence-electron chi connectivity index (χ2n) is 10.1. The van der Waals surface area contributed by atoms with Gasteiger partial charge < -0.3 is 4.90 Å². The van der Waals surface area contributed by atoms with Gasteiger partial charge in [-0.2, -0.15) is 0 Å². The molecule has 0 aromatic heterocycles. The average molecular weight is 361 g/mol. The van der Waals surface area contributed by atoms with Crippen LogP contribution in [-0.2, 0) is 0 Å². The molecule has 1 aromatic rings. The van der Waals surface area contributed by atoms with Crippen LogP contribution < -0.4 is 4.90 Å².